The Morgan fingerprint density at radius 1 is 0.853 bits per heavy atom. The average molecular weight is 455 g/mol. The van der Waals surface area contributed by atoms with E-state index in [4.69, 9.17) is 4.74 Å². The summed E-state index contributed by atoms with van der Waals surface area (Å²) in [4.78, 5) is 37.9. The van der Waals surface area contributed by atoms with Crippen molar-refractivity contribution < 1.29 is 29.3 Å². The standard InChI is InChI=1S/C27H21NO6/c29-23-21(18-12-6-2-7-13-18)27(33)34-24(23)22(19-14-8-3-9-15-19)25(30)28-20(26(31)32)16-17-10-4-1-5-11-17/h1-15,20,29H,16H2,(H,28,30)(H,31,32). The zero-order valence-electron chi connectivity index (χ0n) is 18.0. The van der Waals surface area contributed by atoms with Crippen molar-refractivity contribution in [1.29, 1.82) is 0 Å². The molecule has 4 rings (SSSR count). The summed E-state index contributed by atoms with van der Waals surface area (Å²) in [5, 5.41) is 23.1. The molecule has 3 N–H and O–H groups in total. The molecule has 0 saturated carbocycles. The summed E-state index contributed by atoms with van der Waals surface area (Å²) >= 11 is 0. The van der Waals surface area contributed by atoms with Crippen LogP contribution in [0.15, 0.2) is 103 Å². The second kappa shape index (κ2) is 9.87. The first-order valence-electron chi connectivity index (χ1n) is 10.5. The van der Waals surface area contributed by atoms with E-state index in [1.165, 1.54) is 0 Å². The number of esters is 1. The number of hydrogen-bond donors (Lipinski definition) is 3. The van der Waals surface area contributed by atoms with Gasteiger partial charge in [-0.25, -0.2) is 9.59 Å². The molecule has 7 heteroatoms. The molecular weight excluding hydrogens is 434 g/mol. The Hall–Kier alpha value is -4.65. The number of benzene rings is 3. The van der Waals surface area contributed by atoms with E-state index in [-0.39, 0.29) is 23.3 Å². The molecule has 0 bridgehead atoms. The number of nitrogens with one attached hydrogen (secondary N) is 1. The number of cyclic esters (lactones) is 1. The number of aliphatic hydroxyl groups excluding tert-OH is 1. The van der Waals surface area contributed by atoms with Crippen LogP contribution in [0.1, 0.15) is 16.7 Å². The molecule has 7 nitrogen and oxygen atoms in total. The third-order valence-electron chi connectivity index (χ3n) is 5.32. The fourth-order valence-corrected chi connectivity index (χ4v) is 3.68. The van der Waals surface area contributed by atoms with Gasteiger partial charge in [-0.3, -0.25) is 4.79 Å². The lowest BCUT2D eigenvalue weighted by molar-refractivity contribution is -0.141. The van der Waals surface area contributed by atoms with Gasteiger partial charge in [0.2, 0.25) is 0 Å². The molecule has 3 aromatic carbocycles. The predicted molar refractivity (Wildman–Crippen MR) is 125 cm³/mol. The smallest absolute Gasteiger partial charge is 0.348 e. The molecule has 170 valence electrons. The number of amides is 1. The van der Waals surface area contributed by atoms with E-state index in [1.807, 2.05) is 6.07 Å². The molecule has 0 spiro atoms. The van der Waals surface area contributed by atoms with Gasteiger partial charge >= 0.3 is 11.9 Å². The van der Waals surface area contributed by atoms with Crippen LogP contribution in [-0.4, -0.2) is 34.1 Å². The fourth-order valence-electron chi connectivity index (χ4n) is 3.68. The molecule has 1 amide bonds. The lowest BCUT2D eigenvalue weighted by Gasteiger charge is -2.17. The second-order valence-corrected chi connectivity index (χ2v) is 7.60. The summed E-state index contributed by atoms with van der Waals surface area (Å²) < 4.78 is 5.35. The lowest BCUT2D eigenvalue weighted by Crippen LogP contribution is -2.43. The maximum Gasteiger partial charge on any atom is 0.348 e. The van der Waals surface area contributed by atoms with Gasteiger partial charge in [0, 0.05) is 6.42 Å². The Labute approximate surface area is 195 Å². The molecule has 1 atom stereocenters. The monoisotopic (exact) mass is 455 g/mol. The number of hydrogen-bond acceptors (Lipinski definition) is 5. The number of carboxylic acid groups (broad SMARTS) is 1. The van der Waals surface area contributed by atoms with E-state index < -0.39 is 29.6 Å². The fraction of sp³-hybridized carbons (Fsp3) is 0.0741. The summed E-state index contributed by atoms with van der Waals surface area (Å²) in [5.41, 5.74) is 1.30. The maximum atomic E-state index is 13.4. The third kappa shape index (κ3) is 4.73. The van der Waals surface area contributed by atoms with Crippen molar-refractivity contribution in [2.45, 2.75) is 12.5 Å². The van der Waals surface area contributed by atoms with Gasteiger partial charge in [0.05, 0.1) is 5.57 Å². The molecule has 0 aromatic heterocycles. The molecule has 1 heterocycles. The first-order chi connectivity index (χ1) is 16.5. The zero-order chi connectivity index (χ0) is 24.1. The Morgan fingerprint density at radius 2 is 1.41 bits per heavy atom. The molecule has 0 fully saturated rings. The van der Waals surface area contributed by atoms with Gasteiger partial charge in [0.25, 0.3) is 5.91 Å². The summed E-state index contributed by atoms with van der Waals surface area (Å²) in [6.45, 7) is 0. The number of aliphatic carboxylic acids is 1. The molecule has 1 aliphatic heterocycles. The highest BCUT2D eigenvalue weighted by molar-refractivity contribution is 6.26. The summed E-state index contributed by atoms with van der Waals surface area (Å²) in [7, 11) is 0. The molecule has 1 unspecified atom stereocenters. The van der Waals surface area contributed by atoms with Crippen LogP contribution < -0.4 is 5.32 Å². The molecule has 0 radical (unpaired) electrons. The Kier molecular flexibility index (Phi) is 6.54. The number of aliphatic hydroxyl groups is 1. The Morgan fingerprint density at radius 3 is 2.00 bits per heavy atom. The van der Waals surface area contributed by atoms with Gasteiger partial charge < -0.3 is 20.3 Å². The van der Waals surface area contributed by atoms with Gasteiger partial charge in [0.1, 0.15) is 11.6 Å². The minimum atomic E-state index is -1.24. The number of rotatable bonds is 7. The van der Waals surface area contributed by atoms with Crippen LogP contribution in [0.3, 0.4) is 0 Å². The molecule has 0 saturated heterocycles. The highest BCUT2D eigenvalue weighted by Crippen LogP contribution is 2.36. The molecule has 1 aliphatic rings. The maximum absolute atomic E-state index is 13.4. The van der Waals surface area contributed by atoms with Crippen molar-refractivity contribution in [3.05, 3.63) is 119 Å². The minimum absolute atomic E-state index is 0.0518. The summed E-state index contributed by atoms with van der Waals surface area (Å²) in [6.07, 6.45) is 0.0518. The van der Waals surface area contributed by atoms with Gasteiger partial charge in [-0.2, -0.15) is 0 Å². The van der Waals surface area contributed by atoms with E-state index in [0.717, 1.165) is 5.56 Å². The Bertz CT molecular complexity index is 1280. The quantitative estimate of drug-likeness (QED) is 0.370. The molecule has 34 heavy (non-hydrogen) atoms. The third-order valence-corrected chi connectivity index (χ3v) is 5.32. The first-order valence-corrected chi connectivity index (χ1v) is 10.5. The SMILES string of the molecule is O=C(NC(Cc1ccccc1)C(=O)O)C(=C1OC(=O)C(c2ccccc2)=C1O)c1ccccc1. The number of carbonyl (C=O) groups is 3. The topological polar surface area (TPSA) is 113 Å². The van der Waals surface area contributed by atoms with E-state index >= 15 is 0 Å². The zero-order valence-corrected chi connectivity index (χ0v) is 18.0. The van der Waals surface area contributed by atoms with Crippen molar-refractivity contribution in [3.8, 4) is 0 Å². The van der Waals surface area contributed by atoms with Crippen molar-refractivity contribution in [2.24, 2.45) is 0 Å². The molecule has 3 aromatic rings. The first kappa shape index (κ1) is 22.5. The lowest BCUT2D eigenvalue weighted by atomic mass is 9.99. The van der Waals surface area contributed by atoms with Crippen LogP contribution in [0.4, 0.5) is 0 Å². The van der Waals surface area contributed by atoms with Gasteiger partial charge in [-0.15, -0.1) is 0 Å². The second-order valence-electron chi connectivity index (χ2n) is 7.60. The summed E-state index contributed by atoms with van der Waals surface area (Å²) in [6, 6.07) is 24.4. The van der Waals surface area contributed by atoms with Crippen LogP contribution in [0.5, 0.6) is 0 Å². The van der Waals surface area contributed by atoms with Gasteiger partial charge in [-0.1, -0.05) is 91.0 Å². The molecular formula is C27H21NO6. The Balaban J connectivity index is 1.76. The molecule has 0 aliphatic carbocycles. The van der Waals surface area contributed by atoms with Gasteiger partial charge in [0.15, 0.2) is 11.5 Å². The van der Waals surface area contributed by atoms with Crippen LogP contribution in [0.25, 0.3) is 11.1 Å². The highest BCUT2D eigenvalue weighted by Gasteiger charge is 2.36. The normalized spacial score (nSPS) is 15.5. The van der Waals surface area contributed by atoms with Gasteiger partial charge in [-0.05, 0) is 16.7 Å². The average Bonchev–Trinajstić information content (AvgIpc) is 3.14. The van der Waals surface area contributed by atoms with E-state index in [1.54, 1.807) is 84.9 Å². The van der Waals surface area contributed by atoms with Crippen LogP contribution >= 0.6 is 0 Å². The van der Waals surface area contributed by atoms with E-state index in [2.05, 4.69) is 5.32 Å². The minimum Gasteiger partial charge on any atom is -0.504 e. The number of carbonyl (C=O) groups excluding carboxylic acids is 2. The number of carboxylic acids is 1. The van der Waals surface area contributed by atoms with Crippen LogP contribution in [0, 0.1) is 0 Å². The highest BCUT2D eigenvalue weighted by atomic mass is 16.6. The van der Waals surface area contributed by atoms with Crippen molar-refractivity contribution in [1.82, 2.24) is 5.32 Å². The van der Waals surface area contributed by atoms with Crippen molar-refractivity contribution in [2.75, 3.05) is 0 Å². The summed E-state index contributed by atoms with van der Waals surface area (Å²) in [5.74, 6) is -3.63. The number of ether oxygens (including phenoxy) is 1. The largest absolute Gasteiger partial charge is 0.504 e. The van der Waals surface area contributed by atoms with E-state index in [9.17, 15) is 24.6 Å². The van der Waals surface area contributed by atoms with E-state index in [0.29, 0.717) is 11.1 Å². The van der Waals surface area contributed by atoms with Crippen LogP contribution in [-0.2, 0) is 25.5 Å². The van der Waals surface area contributed by atoms with Crippen molar-refractivity contribution in [3.63, 3.8) is 0 Å². The van der Waals surface area contributed by atoms with Crippen LogP contribution in [0.2, 0.25) is 0 Å². The predicted octanol–water partition coefficient (Wildman–Crippen LogP) is 3.74. The van der Waals surface area contributed by atoms with Crippen molar-refractivity contribution >= 4 is 29.0 Å².